The third-order valence-electron chi connectivity index (χ3n) is 5.08. The zero-order valence-electron chi connectivity index (χ0n) is 13.1. The van der Waals surface area contributed by atoms with Crippen molar-refractivity contribution in [3.8, 4) is 0 Å². The molecule has 1 N–H and O–H groups in total. The van der Waals surface area contributed by atoms with Crippen molar-refractivity contribution in [3.63, 3.8) is 0 Å². The zero-order chi connectivity index (χ0) is 14.6. The standard InChI is InChI=1S/C16H23N5/c1-10-15(11(2)20(3)19-10)14-8-9-17-16-18-12-6-4-5-7-13(12)21(14)16/h14H,4-9H2,1-3H3,(H,17,18). The molecule has 1 atom stereocenters. The second-order valence-corrected chi connectivity index (χ2v) is 6.35. The van der Waals surface area contributed by atoms with Crippen LogP contribution in [0.2, 0.25) is 0 Å². The second-order valence-electron chi connectivity index (χ2n) is 6.35. The topological polar surface area (TPSA) is 47.7 Å². The first-order valence-corrected chi connectivity index (χ1v) is 8.00. The van der Waals surface area contributed by atoms with E-state index in [0.717, 1.165) is 31.0 Å². The average Bonchev–Trinajstić information content (AvgIpc) is 2.97. The molecule has 4 rings (SSSR count). The van der Waals surface area contributed by atoms with Gasteiger partial charge < -0.3 is 9.88 Å². The molecule has 5 heteroatoms. The van der Waals surface area contributed by atoms with Gasteiger partial charge in [-0.05, 0) is 46.0 Å². The Bertz CT molecular complexity index is 694. The van der Waals surface area contributed by atoms with Crippen molar-refractivity contribution < 1.29 is 0 Å². The van der Waals surface area contributed by atoms with E-state index in [2.05, 4.69) is 28.8 Å². The molecule has 0 amide bonds. The van der Waals surface area contributed by atoms with Crippen LogP contribution >= 0.6 is 0 Å². The van der Waals surface area contributed by atoms with Gasteiger partial charge in [0.25, 0.3) is 0 Å². The molecule has 1 aliphatic heterocycles. The van der Waals surface area contributed by atoms with Crippen LogP contribution < -0.4 is 5.32 Å². The first kappa shape index (κ1) is 12.9. The Hall–Kier alpha value is -1.78. The Morgan fingerprint density at radius 1 is 1.19 bits per heavy atom. The van der Waals surface area contributed by atoms with Crippen LogP contribution in [0.4, 0.5) is 5.95 Å². The summed E-state index contributed by atoms with van der Waals surface area (Å²) in [6, 6.07) is 0.393. The number of fused-ring (bicyclic) bond motifs is 3. The van der Waals surface area contributed by atoms with Gasteiger partial charge in [0.2, 0.25) is 5.95 Å². The molecule has 1 unspecified atom stereocenters. The third kappa shape index (κ3) is 1.83. The van der Waals surface area contributed by atoms with Crippen molar-refractivity contribution in [2.45, 2.75) is 52.0 Å². The molecule has 0 fully saturated rings. The number of imidazole rings is 1. The minimum atomic E-state index is 0.393. The molecule has 1 aliphatic carbocycles. The quantitative estimate of drug-likeness (QED) is 0.876. The van der Waals surface area contributed by atoms with Crippen LogP contribution in [0, 0.1) is 13.8 Å². The molecule has 0 saturated heterocycles. The lowest BCUT2D eigenvalue weighted by Crippen LogP contribution is -2.26. The number of aromatic nitrogens is 4. The molecule has 2 aromatic rings. The van der Waals surface area contributed by atoms with E-state index in [4.69, 9.17) is 4.98 Å². The number of hydrogen-bond acceptors (Lipinski definition) is 3. The van der Waals surface area contributed by atoms with Gasteiger partial charge in [-0.15, -0.1) is 0 Å². The van der Waals surface area contributed by atoms with Crippen molar-refractivity contribution in [2.75, 3.05) is 11.9 Å². The fourth-order valence-corrected chi connectivity index (χ4v) is 4.02. The summed E-state index contributed by atoms with van der Waals surface area (Å²) < 4.78 is 4.48. The molecule has 2 aromatic heterocycles. The van der Waals surface area contributed by atoms with Crippen LogP contribution in [0.15, 0.2) is 0 Å². The first-order chi connectivity index (χ1) is 10.2. The maximum atomic E-state index is 4.86. The molecule has 5 nitrogen and oxygen atoms in total. The maximum absolute atomic E-state index is 4.86. The maximum Gasteiger partial charge on any atom is 0.203 e. The Morgan fingerprint density at radius 2 is 2.00 bits per heavy atom. The summed E-state index contributed by atoms with van der Waals surface area (Å²) in [6.07, 6.45) is 5.98. The summed E-state index contributed by atoms with van der Waals surface area (Å²) in [4.78, 5) is 4.86. The molecule has 0 bridgehead atoms. The van der Waals surface area contributed by atoms with Gasteiger partial charge in [0.05, 0.1) is 17.4 Å². The van der Waals surface area contributed by atoms with E-state index in [1.807, 2.05) is 11.7 Å². The average molecular weight is 285 g/mol. The Kier molecular flexibility index (Phi) is 2.84. The van der Waals surface area contributed by atoms with Crippen LogP contribution in [-0.4, -0.2) is 25.9 Å². The predicted octanol–water partition coefficient (Wildman–Crippen LogP) is 2.52. The predicted molar refractivity (Wildman–Crippen MR) is 82.8 cm³/mol. The molecule has 112 valence electrons. The van der Waals surface area contributed by atoms with E-state index in [0.29, 0.717) is 6.04 Å². The normalized spacial score (nSPS) is 20.8. The number of rotatable bonds is 1. The van der Waals surface area contributed by atoms with Crippen molar-refractivity contribution >= 4 is 5.95 Å². The summed E-state index contributed by atoms with van der Waals surface area (Å²) in [6.45, 7) is 5.31. The van der Waals surface area contributed by atoms with E-state index >= 15 is 0 Å². The molecule has 0 radical (unpaired) electrons. The summed E-state index contributed by atoms with van der Waals surface area (Å²) in [7, 11) is 2.04. The van der Waals surface area contributed by atoms with Gasteiger partial charge in [-0.3, -0.25) is 4.68 Å². The summed E-state index contributed by atoms with van der Waals surface area (Å²) >= 11 is 0. The van der Waals surface area contributed by atoms with Crippen LogP contribution in [0.5, 0.6) is 0 Å². The number of aryl methyl sites for hydroxylation is 3. The largest absolute Gasteiger partial charge is 0.356 e. The Morgan fingerprint density at radius 3 is 2.76 bits per heavy atom. The van der Waals surface area contributed by atoms with Gasteiger partial charge in [-0.2, -0.15) is 5.10 Å². The van der Waals surface area contributed by atoms with Crippen molar-refractivity contribution in [1.82, 2.24) is 19.3 Å². The van der Waals surface area contributed by atoms with Crippen LogP contribution in [-0.2, 0) is 19.9 Å². The zero-order valence-corrected chi connectivity index (χ0v) is 13.1. The van der Waals surface area contributed by atoms with E-state index in [1.165, 1.54) is 41.9 Å². The van der Waals surface area contributed by atoms with Crippen LogP contribution in [0.25, 0.3) is 0 Å². The van der Waals surface area contributed by atoms with Crippen molar-refractivity contribution in [1.29, 1.82) is 0 Å². The van der Waals surface area contributed by atoms with Gasteiger partial charge in [-0.1, -0.05) is 0 Å². The molecule has 21 heavy (non-hydrogen) atoms. The van der Waals surface area contributed by atoms with Gasteiger partial charge in [0, 0.05) is 30.5 Å². The molecule has 0 aromatic carbocycles. The molecule has 0 saturated carbocycles. The number of anilines is 1. The van der Waals surface area contributed by atoms with E-state index in [-0.39, 0.29) is 0 Å². The lowest BCUT2D eigenvalue weighted by molar-refractivity contribution is 0.497. The summed E-state index contributed by atoms with van der Waals surface area (Å²) in [5.41, 5.74) is 6.60. The van der Waals surface area contributed by atoms with E-state index in [1.54, 1.807) is 0 Å². The minimum Gasteiger partial charge on any atom is -0.356 e. The smallest absolute Gasteiger partial charge is 0.203 e. The number of hydrogen-bond donors (Lipinski definition) is 1. The van der Waals surface area contributed by atoms with Gasteiger partial charge in [-0.25, -0.2) is 4.98 Å². The summed E-state index contributed by atoms with van der Waals surface area (Å²) in [5, 5.41) is 8.11. The Labute approximate surface area is 125 Å². The van der Waals surface area contributed by atoms with Gasteiger partial charge >= 0.3 is 0 Å². The first-order valence-electron chi connectivity index (χ1n) is 8.00. The molecule has 3 heterocycles. The lowest BCUT2D eigenvalue weighted by atomic mass is 9.97. The highest BCUT2D eigenvalue weighted by molar-refractivity contribution is 5.42. The van der Waals surface area contributed by atoms with Crippen molar-refractivity contribution in [2.24, 2.45) is 7.05 Å². The van der Waals surface area contributed by atoms with Crippen LogP contribution in [0.1, 0.15) is 53.6 Å². The lowest BCUT2D eigenvalue weighted by Gasteiger charge is -2.29. The van der Waals surface area contributed by atoms with E-state index in [9.17, 15) is 0 Å². The number of nitrogens with zero attached hydrogens (tertiary/aromatic N) is 4. The molecular weight excluding hydrogens is 262 g/mol. The fourth-order valence-electron chi connectivity index (χ4n) is 4.02. The molecular formula is C16H23N5. The van der Waals surface area contributed by atoms with Crippen molar-refractivity contribution in [3.05, 3.63) is 28.3 Å². The summed E-state index contributed by atoms with van der Waals surface area (Å²) in [5.74, 6) is 1.07. The number of nitrogens with one attached hydrogen (secondary N) is 1. The SMILES string of the molecule is Cc1nn(C)c(C)c1C1CCNc2nc3c(n21)CCCC3. The molecule has 2 aliphatic rings. The van der Waals surface area contributed by atoms with Crippen LogP contribution in [0.3, 0.4) is 0 Å². The van der Waals surface area contributed by atoms with Gasteiger partial charge in [0.1, 0.15) is 0 Å². The Balaban J connectivity index is 1.88. The fraction of sp³-hybridized carbons (Fsp3) is 0.625. The highest BCUT2D eigenvalue weighted by Gasteiger charge is 2.31. The molecule has 0 spiro atoms. The highest BCUT2D eigenvalue weighted by atomic mass is 15.3. The minimum absolute atomic E-state index is 0.393. The highest BCUT2D eigenvalue weighted by Crippen LogP contribution is 2.37. The second kappa shape index (κ2) is 4.61. The van der Waals surface area contributed by atoms with E-state index < -0.39 is 0 Å². The third-order valence-corrected chi connectivity index (χ3v) is 5.08. The monoisotopic (exact) mass is 285 g/mol. The van der Waals surface area contributed by atoms with Gasteiger partial charge in [0.15, 0.2) is 0 Å².